The largest absolute Gasteiger partial charge is 0.481 e. The second-order valence-corrected chi connectivity index (χ2v) is 9.89. The molecule has 4 rings (SSSR count). The molecule has 0 spiro atoms. The molecule has 1 fully saturated rings. The molecule has 1 aliphatic rings. The summed E-state index contributed by atoms with van der Waals surface area (Å²) in [5.74, 6) is -1.76. The molecule has 3 aromatic carbocycles. The van der Waals surface area contributed by atoms with Crippen molar-refractivity contribution in [2.24, 2.45) is 5.41 Å². The van der Waals surface area contributed by atoms with Crippen molar-refractivity contribution >= 4 is 28.6 Å². The summed E-state index contributed by atoms with van der Waals surface area (Å²) in [6.07, 6.45) is 5.10. The molecule has 0 heterocycles. The standard InChI is InChI=1S/C30H33NO5/c1-2-3-10-27(32)31(20-30(29(35)36)15-6-7-16-30)19-21-11-12-23-18-24(14-13-22(23)17-21)25-8-4-5-9-26(25)28(33)34/h4-5,8-9,11-14,17-18H,2-3,6-7,10,15-16,19-20H2,1H3,(H,33,34)(H,35,36). The number of aromatic carboxylic acids is 1. The van der Waals surface area contributed by atoms with Gasteiger partial charge in [0.25, 0.3) is 0 Å². The van der Waals surface area contributed by atoms with Crippen LogP contribution in [0, 0.1) is 5.41 Å². The maximum Gasteiger partial charge on any atom is 0.336 e. The monoisotopic (exact) mass is 487 g/mol. The van der Waals surface area contributed by atoms with E-state index in [-0.39, 0.29) is 18.0 Å². The van der Waals surface area contributed by atoms with Crippen LogP contribution in [-0.2, 0) is 16.1 Å². The molecule has 0 aliphatic heterocycles. The van der Waals surface area contributed by atoms with E-state index in [0.717, 1.165) is 47.6 Å². The molecule has 1 saturated carbocycles. The van der Waals surface area contributed by atoms with E-state index < -0.39 is 17.4 Å². The fourth-order valence-electron chi connectivity index (χ4n) is 5.28. The molecular weight excluding hydrogens is 454 g/mol. The summed E-state index contributed by atoms with van der Waals surface area (Å²) in [7, 11) is 0. The average Bonchev–Trinajstić information content (AvgIpc) is 3.36. The Kier molecular flexibility index (Phi) is 7.73. The Bertz CT molecular complexity index is 1280. The third kappa shape index (κ3) is 5.43. The van der Waals surface area contributed by atoms with Crippen LogP contribution in [0.15, 0.2) is 60.7 Å². The van der Waals surface area contributed by atoms with Crippen LogP contribution in [0.25, 0.3) is 21.9 Å². The van der Waals surface area contributed by atoms with Gasteiger partial charge in [-0.2, -0.15) is 0 Å². The lowest BCUT2D eigenvalue weighted by atomic mass is 9.85. The van der Waals surface area contributed by atoms with E-state index in [9.17, 15) is 24.6 Å². The predicted octanol–water partition coefficient (Wildman–Crippen LogP) is 6.37. The average molecular weight is 488 g/mol. The maximum absolute atomic E-state index is 13.1. The van der Waals surface area contributed by atoms with Crippen LogP contribution in [0.4, 0.5) is 0 Å². The quantitative estimate of drug-likeness (QED) is 0.347. The van der Waals surface area contributed by atoms with Gasteiger partial charge < -0.3 is 15.1 Å². The van der Waals surface area contributed by atoms with Crippen LogP contribution >= 0.6 is 0 Å². The lowest BCUT2D eigenvalue weighted by Crippen LogP contribution is -2.43. The van der Waals surface area contributed by atoms with Gasteiger partial charge >= 0.3 is 11.9 Å². The Morgan fingerprint density at radius 2 is 1.61 bits per heavy atom. The third-order valence-electron chi connectivity index (χ3n) is 7.35. The number of rotatable bonds is 10. The molecule has 0 atom stereocenters. The van der Waals surface area contributed by atoms with Crippen LogP contribution in [0.1, 0.15) is 67.8 Å². The minimum Gasteiger partial charge on any atom is -0.481 e. The summed E-state index contributed by atoms with van der Waals surface area (Å²) in [6, 6.07) is 18.8. The number of benzene rings is 3. The van der Waals surface area contributed by atoms with Gasteiger partial charge in [0.1, 0.15) is 0 Å². The van der Waals surface area contributed by atoms with Crippen LogP contribution in [0.3, 0.4) is 0 Å². The number of hydrogen-bond acceptors (Lipinski definition) is 3. The summed E-state index contributed by atoms with van der Waals surface area (Å²) in [6.45, 7) is 2.66. The zero-order valence-electron chi connectivity index (χ0n) is 20.7. The van der Waals surface area contributed by atoms with E-state index in [1.54, 1.807) is 23.1 Å². The SMILES string of the molecule is CCCCC(=O)N(Cc1ccc2cc(-c3ccccc3C(=O)O)ccc2c1)CC1(C(=O)O)CCCC1. The van der Waals surface area contributed by atoms with Crippen LogP contribution in [0.5, 0.6) is 0 Å². The van der Waals surface area contributed by atoms with Crippen molar-refractivity contribution in [2.75, 3.05) is 6.54 Å². The Balaban J connectivity index is 1.61. The molecule has 36 heavy (non-hydrogen) atoms. The highest BCUT2D eigenvalue weighted by Crippen LogP contribution is 2.39. The lowest BCUT2D eigenvalue weighted by Gasteiger charge is -2.32. The summed E-state index contributed by atoms with van der Waals surface area (Å²) in [4.78, 5) is 38.6. The van der Waals surface area contributed by atoms with Crippen LogP contribution in [-0.4, -0.2) is 39.5 Å². The molecule has 188 valence electrons. The highest BCUT2D eigenvalue weighted by molar-refractivity contribution is 5.98. The van der Waals surface area contributed by atoms with Crippen LogP contribution < -0.4 is 0 Å². The minimum absolute atomic E-state index is 0.00472. The number of fused-ring (bicyclic) bond motifs is 1. The number of aliphatic carboxylic acids is 1. The molecule has 0 aromatic heterocycles. The highest BCUT2D eigenvalue weighted by atomic mass is 16.4. The Morgan fingerprint density at radius 3 is 2.31 bits per heavy atom. The number of unbranched alkanes of at least 4 members (excludes halogenated alkanes) is 1. The summed E-state index contributed by atoms with van der Waals surface area (Å²) in [5.41, 5.74) is 1.84. The molecule has 2 N–H and O–H groups in total. The Labute approximate surface area is 211 Å². The van der Waals surface area contributed by atoms with E-state index in [4.69, 9.17) is 0 Å². The van der Waals surface area contributed by atoms with Crippen molar-refractivity contribution in [2.45, 2.75) is 58.4 Å². The molecule has 3 aromatic rings. The van der Waals surface area contributed by atoms with Gasteiger partial charge in [-0.15, -0.1) is 0 Å². The number of hydrogen-bond donors (Lipinski definition) is 2. The first-order chi connectivity index (χ1) is 17.3. The smallest absolute Gasteiger partial charge is 0.336 e. The molecular formula is C30H33NO5. The predicted molar refractivity (Wildman–Crippen MR) is 140 cm³/mol. The number of carbonyl (C=O) groups is 3. The van der Waals surface area contributed by atoms with Gasteiger partial charge in [0, 0.05) is 19.5 Å². The van der Waals surface area contributed by atoms with E-state index in [1.807, 2.05) is 49.4 Å². The van der Waals surface area contributed by atoms with Crippen molar-refractivity contribution < 1.29 is 24.6 Å². The molecule has 0 unspecified atom stereocenters. The van der Waals surface area contributed by atoms with Crippen molar-refractivity contribution in [3.63, 3.8) is 0 Å². The third-order valence-corrected chi connectivity index (χ3v) is 7.35. The molecule has 0 radical (unpaired) electrons. The van der Waals surface area contributed by atoms with E-state index in [1.165, 1.54) is 0 Å². The van der Waals surface area contributed by atoms with Gasteiger partial charge in [-0.1, -0.05) is 68.7 Å². The van der Waals surface area contributed by atoms with Crippen molar-refractivity contribution in [1.29, 1.82) is 0 Å². The number of amides is 1. The number of carbonyl (C=O) groups excluding carboxylic acids is 1. The molecule has 6 nitrogen and oxygen atoms in total. The lowest BCUT2D eigenvalue weighted by molar-refractivity contribution is -0.151. The normalized spacial score (nSPS) is 14.6. The van der Waals surface area contributed by atoms with E-state index in [2.05, 4.69) is 0 Å². The number of nitrogens with zero attached hydrogens (tertiary/aromatic N) is 1. The van der Waals surface area contributed by atoms with Crippen molar-refractivity contribution in [3.8, 4) is 11.1 Å². The maximum atomic E-state index is 13.1. The second kappa shape index (κ2) is 10.9. The summed E-state index contributed by atoms with van der Waals surface area (Å²) >= 11 is 0. The van der Waals surface area contributed by atoms with Gasteiger partial charge in [-0.05, 0) is 64.9 Å². The zero-order chi connectivity index (χ0) is 25.7. The second-order valence-electron chi connectivity index (χ2n) is 9.89. The van der Waals surface area contributed by atoms with Gasteiger partial charge in [-0.25, -0.2) is 4.79 Å². The molecule has 6 heteroatoms. The van der Waals surface area contributed by atoms with Gasteiger partial charge in [0.05, 0.1) is 11.0 Å². The van der Waals surface area contributed by atoms with E-state index >= 15 is 0 Å². The zero-order valence-corrected chi connectivity index (χ0v) is 20.7. The van der Waals surface area contributed by atoms with Gasteiger partial charge in [-0.3, -0.25) is 9.59 Å². The van der Waals surface area contributed by atoms with E-state index in [0.29, 0.717) is 31.4 Å². The number of carboxylic acid groups (broad SMARTS) is 2. The molecule has 1 aliphatic carbocycles. The van der Waals surface area contributed by atoms with Gasteiger partial charge in [0.15, 0.2) is 0 Å². The molecule has 0 saturated heterocycles. The fraction of sp³-hybridized carbons (Fsp3) is 0.367. The van der Waals surface area contributed by atoms with Crippen LogP contribution in [0.2, 0.25) is 0 Å². The summed E-state index contributed by atoms with van der Waals surface area (Å²) in [5, 5.41) is 21.5. The Hall–Kier alpha value is -3.67. The van der Waals surface area contributed by atoms with Crippen molar-refractivity contribution in [3.05, 3.63) is 71.8 Å². The molecule has 1 amide bonds. The molecule has 0 bridgehead atoms. The fourth-order valence-corrected chi connectivity index (χ4v) is 5.28. The first-order valence-electron chi connectivity index (χ1n) is 12.7. The minimum atomic E-state index is -0.963. The first kappa shape index (κ1) is 25.4. The first-order valence-corrected chi connectivity index (χ1v) is 12.7. The number of carboxylic acids is 2. The Morgan fingerprint density at radius 1 is 0.917 bits per heavy atom. The topological polar surface area (TPSA) is 94.9 Å². The van der Waals surface area contributed by atoms with Crippen molar-refractivity contribution in [1.82, 2.24) is 4.90 Å². The highest BCUT2D eigenvalue weighted by Gasteiger charge is 2.43. The summed E-state index contributed by atoms with van der Waals surface area (Å²) < 4.78 is 0. The van der Waals surface area contributed by atoms with Gasteiger partial charge in [0.2, 0.25) is 5.91 Å².